The summed E-state index contributed by atoms with van der Waals surface area (Å²) in [7, 11) is 0. The fraction of sp³-hybridized carbons (Fsp3) is 0.842. The summed E-state index contributed by atoms with van der Waals surface area (Å²) in [6.45, 7) is 5.03. The molecule has 0 aromatic heterocycles. The van der Waals surface area contributed by atoms with E-state index < -0.39 is 0 Å². The van der Waals surface area contributed by atoms with E-state index >= 15 is 0 Å². The monoisotopic (exact) mass is 296 g/mol. The number of esters is 1. The lowest BCUT2D eigenvalue weighted by atomic mass is 10.1. The van der Waals surface area contributed by atoms with E-state index in [0.717, 1.165) is 12.8 Å². The summed E-state index contributed by atoms with van der Waals surface area (Å²) >= 11 is 0. The van der Waals surface area contributed by atoms with Crippen LogP contribution in [0, 0.1) is 0 Å². The van der Waals surface area contributed by atoms with Gasteiger partial charge >= 0.3 is 5.97 Å². The second-order valence-electron chi connectivity index (χ2n) is 5.89. The fourth-order valence-corrected chi connectivity index (χ4v) is 2.33. The Morgan fingerprint density at radius 3 is 1.90 bits per heavy atom. The Balaban J connectivity index is 3.26. The second kappa shape index (κ2) is 17.3. The van der Waals surface area contributed by atoms with Crippen molar-refractivity contribution in [3.63, 3.8) is 0 Å². The maximum absolute atomic E-state index is 11.4. The molecule has 0 aromatic carbocycles. The summed E-state index contributed by atoms with van der Waals surface area (Å²) in [5.74, 6) is -0.172. The van der Waals surface area contributed by atoms with Gasteiger partial charge in [-0.2, -0.15) is 0 Å². The summed E-state index contributed by atoms with van der Waals surface area (Å²) < 4.78 is 5.18. The Morgan fingerprint density at radius 2 is 1.29 bits per heavy atom. The zero-order valence-corrected chi connectivity index (χ0v) is 14.4. The van der Waals surface area contributed by atoms with Crippen LogP contribution in [0.3, 0.4) is 0 Å². The standard InChI is InChI=1S/C19H36O2/c1-3-5-7-9-11-12-13-15-17-19(20)21-18-16-14-10-8-6-4-2/h15,17H,3-14,16,18H2,1-2H3/b17-15+. The Labute approximate surface area is 132 Å². The third-order valence-electron chi connectivity index (χ3n) is 3.72. The summed E-state index contributed by atoms with van der Waals surface area (Å²) in [6.07, 6.45) is 19.7. The van der Waals surface area contributed by atoms with E-state index in [2.05, 4.69) is 13.8 Å². The molecule has 0 spiro atoms. The van der Waals surface area contributed by atoms with Crippen LogP contribution < -0.4 is 0 Å². The molecule has 2 heteroatoms. The highest BCUT2D eigenvalue weighted by molar-refractivity contribution is 5.81. The lowest BCUT2D eigenvalue weighted by Gasteiger charge is -2.02. The molecule has 0 radical (unpaired) electrons. The van der Waals surface area contributed by atoms with Gasteiger partial charge in [-0.3, -0.25) is 0 Å². The minimum absolute atomic E-state index is 0.172. The molecule has 0 aliphatic rings. The SMILES string of the molecule is CCCCCCCC/C=C/C(=O)OCCCCCCCC. The number of hydrogen-bond donors (Lipinski definition) is 0. The lowest BCUT2D eigenvalue weighted by Crippen LogP contribution is -2.02. The van der Waals surface area contributed by atoms with E-state index in [1.807, 2.05) is 6.08 Å². The van der Waals surface area contributed by atoms with Gasteiger partial charge in [0.1, 0.15) is 0 Å². The van der Waals surface area contributed by atoms with Crippen molar-refractivity contribution >= 4 is 5.97 Å². The van der Waals surface area contributed by atoms with E-state index in [1.54, 1.807) is 6.08 Å². The molecule has 0 aliphatic carbocycles. The third kappa shape index (κ3) is 17.2. The van der Waals surface area contributed by atoms with Gasteiger partial charge < -0.3 is 4.74 Å². The van der Waals surface area contributed by atoms with Gasteiger partial charge in [-0.05, 0) is 19.3 Å². The number of unbranched alkanes of at least 4 members (excludes halogenated alkanes) is 11. The zero-order valence-electron chi connectivity index (χ0n) is 14.4. The molecular weight excluding hydrogens is 260 g/mol. The van der Waals surface area contributed by atoms with Crippen LogP contribution in [0.1, 0.15) is 97.3 Å². The highest BCUT2D eigenvalue weighted by Gasteiger charge is 1.96. The molecule has 0 saturated carbocycles. The molecule has 0 N–H and O–H groups in total. The number of allylic oxidation sites excluding steroid dienone is 1. The van der Waals surface area contributed by atoms with E-state index in [1.165, 1.54) is 70.6 Å². The van der Waals surface area contributed by atoms with E-state index in [4.69, 9.17) is 4.74 Å². The van der Waals surface area contributed by atoms with Crippen LogP contribution in [0.4, 0.5) is 0 Å². The normalized spacial score (nSPS) is 11.1. The fourth-order valence-electron chi connectivity index (χ4n) is 2.33. The Bertz CT molecular complexity index is 246. The summed E-state index contributed by atoms with van der Waals surface area (Å²) in [4.78, 5) is 11.4. The van der Waals surface area contributed by atoms with Crippen LogP contribution in [0.5, 0.6) is 0 Å². The summed E-state index contributed by atoms with van der Waals surface area (Å²) in [6, 6.07) is 0. The number of carbonyl (C=O) groups excluding carboxylic acids is 1. The summed E-state index contributed by atoms with van der Waals surface area (Å²) in [5.41, 5.74) is 0. The smallest absolute Gasteiger partial charge is 0.330 e. The van der Waals surface area contributed by atoms with Gasteiger partial charge in [-0.1, -0.05) is 84.1 Å². The van der Waals surface area contributed by atoms with E-state index in [0.29, 0.717) is 6.61 Å². The number of ether oxygens (including phenoxy) is 1. The Kier molecular flexibility index (Phi) is 16.6. The van der Waals surface area contributed by atoms with Gasteiger partial charge in [0.15, 0.2) is 0 Å². The van der Waals surface area contributed by atoms with Gasteiger partial charge in [0, 0.05) is 6.08 Å². The van der Waals surface area contributed by atoms with Crippen molar-refractivity contribution in [3.05, 3.63) is 12.2 Å². The maximum atomic E-state index is 11.4. The topological polar surface area (TPSA) is 26.3 Å². The molecule has 0 rings (SSSR count). The van der Waals surface area contributed by atoms with Crippen molar-refractivity contribution < 1.29 is 9.53 Å². The average molecular weight is 296 g/mol. The van der Waals surface area contributed by atoms with Crippen LogP contribution >= 0.6 is 0 Å². The minimum Gasteiger partial charge on any atom is -0.463 e. The van der Waals surface area contributed by atoms with Gasteiger partial charge in [0.2, 0.25) is 0 Å². The van der Waals surface area contributed by atoms with Gasteiger partial charge in [-0.25, -0.2) is 4.79 Å². The maximum Gasteiger partial charge on any atom is 0.330 e. The number of hydrogen-bond acceptors (Lipinski definition) is 2. The molecule has 0 atom stereocenters. The van der Waals surface area contributed by atoms with Crippen molar-refractivity contribution in [3.8, 4) is 0 Å². The molecule has 0 aromatic rings. The number of carbonyl (C=O) groups is 1. The lowest BCUT2D eigenvalue weighted by molar-refractivity contribution is -0.137. The van der Waals surface area contributed by atoms with Crippen molar-refractivity contribution in [2.24, 2.45) is 0 Å². The van der Waals surface area contributed by atoms with Crippen molar-refractivity contribution in [2.75, 3.05) is 6.61 Å². The molecular formula is C19H36O2. The minimum atomic E-state index is -0.172. The average Bonchev–Trinajstić information content (AvgIpc) is 2.49. The highest BCUT2D eigenvalue weighted by atomic mass is 16.5. The van der Waals surface area contributed by atoms with Crippen LogP contribution in [0.15, 0.2) is 12.2 Å². The Hall–Kier alpha value is -0.790. The van der Waals surface area contributed by atoms with Crippen molar-refractivity contribution in [1.82, 2.24) is 0 Å². The predicted octanol–water partition coefficient (Wildman–Crippen LogP) is 6.20. The van der Waals surface area contributed by atoms with Crippen molar-refractivity contribution in [2.45, 2.75) is 97.3 Å². The number of rotatable bonds is 15. The zero-order chi connectivity index (χ0) is 15.6. The largest absolute Gasteiger partial charge is 0.463 e. The quantitative estimate of drug-likeness (QED) is 0.204. The molecule has 0 fully saturated rings. The van der Waals surface area contributed by atoms with Crippen LogP contribution in [0.2, 0.25) is 0 Å². The first-order chi connectivity index (χ1) is 10.3. The first-order valence-electron chi connectivity index (χ1n) is 9.14. The predicted molar refractivity (Wildman–Crippen MR) is 91.5 cm³/mol. The first-order valence-corrected chi connectivity index (χ1v) is 9.14. The third-order valence-corrected chi connectivity index (χ3v) is 3.72. The molecule has 21 heavy (non-hydrogen) atoms. The molecule has 0 aliphatic heterocycles. The molecule has 0 unspecified atom stereocenters. The van der Waals surface area contributed by atoms with Gasteiger partial charge in [-0.15, -0.1) is 0 Å². The molecule has 0 heterocycles. The van der Waals surface area contributed by atoms with Gasteiger partial charge in [0.25, 0.3) is 0 Å². The Morgan fingerprint density at radius 1 is 0.762 bits per heavy atom. The second-order valence-corrected chi connectivity index (χ2v) is 5.89. The molecule has 124 valence electrons. The molecule has 0 saturated heterocycles. The van der Waals surface area contributed by atoms with Crippen molar-refractivity contribution in [1.29, 1.82) is 0 Å². The highest BCUT2D eigenvalue weighted by Crippen LogP contribution is 2.07. The van der Waals surface area contributed by atoms with Crippen LogP contribution in [0.25, 0.3) is 0 Å². The molecule has 2 nitrogen and oxygen atoms in total. The van der Waals surface area contributed by atoms with Crippen LogP contribution in [-0.4, -0.2) is 12.6 Å². The molecule has 0 bridgehead atoms. The molecule has 0 amide bonds. The summed E-state index contributed by atoms with van der Waals surface area (Å²) in [5, 5.41) is 0. The first kappa shape index (κ1) is 20.2. The van der Waals surface area contributed by atoms with E-state index in [9.17, 15) is 4.79 Å². The van der Waals surface area contributed by atoms with Gasteiger partial charge in [0.05, 0.1) is 6.61 Å². The van der Waals surface area contributed by atoms with E-state index in [-0.39, 0.29) is 5.97 Å². The van der Waals surface area contributed by atoms with Crippen LogP contribution in [-0.2, 0) is 9.53 Å².